The second kappa shape index (κ2) is 36.2. The summed E-state index contributed by atoms with van der Waals surface area (Å²) in [5, 5.41) is 28.0. The standard InChI is InChI=1S/C63H90N18O12/c1-5-6-19-44(73-37(4)82)56(87)76-46-24-25-51(83)68-26-13-12-21-43(55(86)71-34-52(84)81-28-15-23-50(81)62(93)80-53(36(2)3)54(64)85)74-60(91)48(30-39-32-70-42-20-11-10-18-41(39)42)78-57(88)45(22-14-27-69-63(65)66)75-59(90)47(29-38-16-8-7-9-17-38)77-61(92)49(79-58(46)89)31-40-33-67-35-72-40/h7-11,16-18,20,32-33,35-36,43-50,53,70H,5-6,12-15,19,21-31,34H2,1-4H3,(H2,64,85)(H,67,72)(H,68,83)(H,71,86)(H,73,82)(H,74,91)(H,75,90)(H,76,87)(H,77,92)(H,78,88)(H,79,89)(H,80,93)(H4,65,66,69)/t43-,44-,45-,46-,47+,48-,49-,50-,53-/m0/s1. The number of unbranched alkanes of at least 4 members (excludes halogenated alkanes) is 1. The Hall–Kier alpha value is -9.90. The molecule has 4 aromatic rings. The number of hydrogen-bond acceptors (Lipinski definition) is 14. The van der Waals surface area contributed by atoms with Crippen LogP contribution in [0.25, 0.3) is 10.9 Å². The number of nitrogens with zero attached hydrogens (tertiary/aromatic N) is 3. The number of nitrogens with two attached hydrogens (primary N) is 3. The first-order chi connectivity index (χ1) is 44.5. The van der Waals surface area contributed by atoms with Crippen LogP contribution >= 0.6 is 0 Å². The number of guanidine groups is 1. The quantitative estimate of drug-likeness (QED) is 0.0226. The van der Waals surface area contributed by atoms with Crippen molar-refractivity contribution >= 4 is 87.7 Å². The molecule has 0 spiro atoms. The van der Waals surface area contributed by atoms with E-state index in [4.69, 9.17) is 17.2 Å². The number of aliphatic imine (C=N–C) groups is 1. The Morgan fingerprint density at radius 3 is 2.06 bits per heavy atom. The topological polar surface area (TPSA) is 463 Å². The molecule has 12 amide bonds. The van der Waals surface area contributed by atoms with Gasteiger partial charge in [0.1, 0.15) is 54.4 Å². The number of benzene rings is 2. The maximum atomic E-state index is 15.0. The van der Waals surface area contributed by atoms with E-state index in [1.807, 2.05) is 25.1 Å². The molecule has 0 saturated carbocycles. The number of primary amides is 1. The molecule has 2 aliphatic heterocycles. The van der Waals surface area contributed by atoms with Crippen molar-refractivity contribution in [1.82, 2.24) is 73.0 Å². The van der Waals surface area contributed by atoms with Gasteiger partial charge in [-0.15, -0.1) is 0 Å². The fourth-order valence-corrected chi connectivity index (χ4v) is 11.1. The van der Waals surface area contributed by atoms with Gasteiger partial charge in [0.05, 0.1) is 12.9 Å². The number of H-pyrrole nitrogens is 2. The molecule has 0 bridgehead atoms. The highest BCUT2D eigenvalue weighted by atomic mass is 16.2. The van der Waals surface area contributed by atoms with E-state index in [0.29, 0.717) is 47.0 Å². The van der Waals surface area contributed by atoms with Crippen LogP contribution in [0.3, 0.4) is 0 Å². The summed E-state index contributed by atoms with van der Waals surface area (Å²) >= 11 is 0. The second-order valence-corrected chi connectivity index (χ2v) is 23.7. The molecule has 2 aromatic carbocycles. The fraction of sp³-hybridized carbons (Fsp3) is 0.524. The van der Waals surface area contributed by atoms with E-state index in [9.17, 15) is 47.9 Å². The summed E-state index contributed by atoms with van der Waals surface area (Å²) in [5.74, 6) is -9.42. The minimum Gasteiger partial charge on any atom is -0.370 e. The third-order valence-electron chi connectivity index (χ3n) is 16.1. The maximum Gasteiger partial charge on any atom is 0.243 e. The number of hydrogen-bond donors (Lipinski definition) is 15. The van der Waals surface area contributed by atoms with Crippen molar-refractivity contribution in [1.29, 1.82) is 0 Å². The minimum atomic E-state index is -1.47. The van der Waals surface area contributed by atoms with Crippen LogP contribution in [-0.2, 0) is 76.8 Å². The van der Waals surface area contributed by atoms with Crippen molar-refractivity contribution in [2.75, 3.05) is 26.2 Å². The number of imidazole rings is 1. The molecule has 6 rings (SSSR count). The first-order valence-corrected chi connectivity index (χ1v) is 31.7. The molecule has 30 heteroatoms. The number of aromatic nitrogens is 3. The first-order valence-electron chi connectivity index (χ1n) is 31.7. The molecular formula is C63H90N18O12. The number of para-hydroxylation sites is 1. The van der Waals surface area contributed by atoms with Gasteiger partial charge in [-0.05, 0) is 80.9 Å². The van der Waals surface area contributed by atoms with Crippen molar-refractivity contribution in [3.63, 3.8) is 0 Å². The largest absolute Gasteiger partial charge is 0.370 e. The van der Waals surface area contributed by atoms with Crippen LogP contribution < -0.4 is 70.4 Å². The lowest BCUT2D eigenvalue weighted by Gasteiger charge is -2.28. The van der Waals surface area contributed by atoms with Gasteiger partial charge in [-0.3, -0.25) is 62.5 Å². The molecule has 0 aliphatic carbocycles. The van der Waals surface area contributed by atoms with Crippen LogP contribution in [0, 0.1) is 5.92 Å². The van der Waals surface area contributed by atoms with Crippen LogP contribution in [0.1, 0.15) is 122 Å². The number of nitrogens with one attached hydrogen (secondary N) is 12. The van der Waals surface area contributed by atoms with E-state index < -0.39 is 132 Å². The van der Waals surface area contributed by atoms with Crippen molar-refractivity contribution in [3.05, 3.63) is 90.1 Å². The Balaban J connectivity index is 1.37. The van der Waals surface area contributed by atoms with Gasteiger partial charge >= 0.3 is 0 Å². The summed E-state index contributed by atoms with van der Waals surface area (Å²) in [6.07, 6.45) is 5.80. The van der Waals surface area contributed by atoms with Crippen LogP contribution in [0.15, 0.2) is 78.3 Å². The van der Waals surface area contributed by atoms with Crippen molar-refractivity contribution in [3.8, 4) is 0 Å². The number of amides is 12. The summed E-state index contributed by atoms with van der Waals surface area (Å²) in [6, 6.07) is 4.17. The van der Waals surface area contributed by atoms with Gasteiger partial charge in [0.15, 0.2) is 5.96 Å². The monoisotopic (exact) mass is 1290 g/mol. The molecule has 4 heterocycles. The van der Waals surface area contributed by atoms with Crippen LogP contribution in [0.2, 0.25) is 0 Å². The Kier molecular flexibility index (Phi) is 28.1. The average molecular weight is 1290 g/mol. The Morgan fingerprint density at radius 1 is 0.720 bits per heavy atom. The number of rotatable bonds is 23. The molecule has 2 aromatic heterocycles. The highest BCUT2D eigenvalue weighted by Gasteiger charge is 2.38. The third kappa shape index (κ3) is 22.8. The summed E-state index contributed by atoms with van der Waals surface area (Å²) < 4.78 is 0. The van der Waals surface area contributed by atoms with Gasteiger partial charge in [-0.1, -0.05) is 82.1 Å². The zero-order chi connectivity index (χ0) is 67.6. The van der Waals surface area contributed by atoms with Crippen LogP contribution in [0.5, 0.6) is 0 Å². The maximum absolute atomic E-state index is 15.0. The van der Waals surface area contributed by atoms with Gasteiger partial charge in [0, 0.05) is 81.2 Å². The summed E-state index contributed by atoms with van der Waals surface area (Å²) in [7, 11) is 0. The van der Waals surface area contributed by atoms with E-state index >= 15 is 9.59 Å². The number of carbonyl (C=O) groups is 12. The summed E-state index contributed by atoms with van der Waals surface area (Å²) in [6.45, 7) is 6.17. The van der Waals surface area contributed by atoms with E-state index in [1.54, 1.807) is 56.4 Å². The molecule has 504 valence electrons. The van der Waals surface area contributed by atoms with E-state index in [0.717, 1.165) is 0 Å². The molecule has 0 radical (unpaired) electrons. The van der Waals surface area contributed by atoms with Gasteiger partial charge in [-0.25, -0.2) is 4.98 Å². The predicted octanol–water partition coefficient (Wildman–Crippen LogP) is -1.61. The molecule has 2 saturated heterocycles. The van der Waals surface area contributed by atoms with Gasteiger partial charge in [0.2, 0.25) is 70.9 Å². The van der Waals surface area contributed by atoms with Gasteiger partial charge < -0.3 is 85.2 Å². The smallest absolute Gasteiger partial charge is 0.243 e. The summed E-state index contributed by atoms with van der Waals surface area (Å²) in [4.78, 5) is 184. The highest BCUT2D eigenvalue weighted by molar-refractivity contribution is 5.99. The van der Waals surface area contributed by atoms with Crippen molar-refractivity contribution < 1.29 is 57.5 Å². The van der Waals surface area contributed by atoms with Gasteiger partial charge in [-0.2, -0.15) is 0 Å². The van der Waals surface area contributed by atoms with Gasteiger partial charge in [0.25, 0.3) is 0 Å². The number of likely N-dealkylation sites (tertiary alicyclic amines) is 1. The predicted molar refractivity (Wildman–Crippen MR) is 343 cm³/mol. The minimum absolute atomic E-state index is 0.0109. The lowest BCUT2D eigenvalue weighted by molar-refractivity contribution is -0.140. The molecule has 2 aliphatic rings. The molecular weight excluding hydrogens is 1200 g/mol. The molecule has 93 heavy (non-hydrogen) atoms. The molecule has 2 fully saturated rings. The number of carbonyl (C=O) groups excluding carboxylic acids is 12. The molecule has 0 unspecified atom stereocenters. The molecule has 30 nitrogen and oxygen atoms in total. The fourth-order valence-electron chi connectivity index (χ4n) is 11.1. The average Bonchev–Trinajstić information content (AvgIpc) is 1.94. The second-order valence-electron chi connectivity index (χ2n) is 23.7. The van der Waals surface area contributed by atoms with Crippen molar-refractivity contribution in [2.24, 2.45) is 28.1 Å². The zero-order valence-corrected chi connectivity index (χ0v) is 53.1. The van der Waals surface area contributed by atoms with Crippen LogP contribution in [0.4, 0.5) is 0 Å². The lowest BCUT2D eigenvalue weighted by Crippen LogP contribution is -2.61. The summed E-state index contributed by atoms with van der Waals surface area (Å²) in [5.41, 5.74) is 19.2. The normalized spacial score (nSPS) is 21.4. The van der Waals surface area contributed by atoms with Crippen molar-refractivity contribution in [2.45, 2.75) is 178 Å². The Morgan fingerprint density at radius 2 is 1.39 bits per heavy atom. The van der Waals surface area contributed by atoms with E-state index in [-0.39, 0.29) is 109 Å². The first kappa shape index (κ1) is 72.2. The SMILES string of the molecule is CCCC[C@H](NC(C)=O)C(=O)N[C@H]1CCC(=O)NCCCC[C@@H](C(=O)NCC(=O)N2CCC[C@H]2C(=O)N[C@H](C(N)=O)C(C)C)NC(=O)[C@H](Cc2c[nH]c3ccccc23)NC(=O)[C@H](CCCN=C(N)N)NC(=O)[C@@H](Cc2ccccc2)NC(=O)[C@H](Cc2cnc[nH]2)NC1=O. The Labute approximate surface area is 539 Å². The van der Waals surface area contributed by atoms with E-state index in [2.05, 4.69) is 73.1 Å². The zero-order valence-electron chi connectivity index (χ0n) is 53.1. The number of fused-ring (bicyclic) bond motifs is 1. The lowest BCUT2D eigenvalue weighted by atomic mass is 10.0. The Bertz CT molecular complexity index is 3260. The molecule has 18 N–H and O–H groups in total. The molecule has 9 atom stereocenters. The highest BCUT2D eigenvalue weighted by Crippen LogP contribution is 2.21. The van der Waals surface area contributed by atoms with E-state index in [1.165, 1.54) is 24.3 Å². The van der Waals surface area contributed by atoms with Crippen LogP contribution in [-0.4, -0.2) is 177 Å². The third-order valence-corrected chi connectivity index (χ3v) is 16.1. The number of aromatic amines is 2.